The largest absolute Gasteiger partial charge is 0.370 e. The summed E-state index contributed by atoms with van der Waals surface area (Å²) in [5.74, 6) is 1.01. The number of nitrogens with zero attached hydrogens (tertiary/aromatic N) is 3. The predicted molar refractivity (Wildman–Crippen MR) is 77.3 cm³/mol. The zero-order chi connectivity index (χ0) is 14.0. The second-order valence-electron chi connectivity index (χ2n) is 6.56. The highest BCUT2D eigenvalue weighted by Crippen LogP contribution is 2.43. The maximum atomic E-state index is 6.35. The lowest BCUT2D eigenvalue weighted by atomic mass is 9.98. The van der Waals surface area contributed by atoms with E-state index in [1.54, 1.807) is 6.33 Å². The molecule has 1 saturated carbocycles. The molecule has 112 valence electrons. The molecule has 0 amide bonds. The molecule has 5 nitrogen and oxygen atoms in total. The van der Waals surface area contributed by atoms with E-state index in [0.717, 1.165) is 25.3 Å². The van der Waals surface area contributed by atoms with Crippen molar-refractivity contribution in [2.75, 3.05) is 0 Å². The van der Waals surface area contributed by atoms with Crippen LogP contribution >= 0.6 is 0 Å². The van der Waals surface area contributed by atoms with Gasteiger partial charge < -0.3 is 10.1 Å². The lowest BCUT2D eigenvalue weighted by Gasteiger charge is -2.24. The van der Waals surface area contributed by atoms with Crippen LogP contribution in [-0.2, 0) is 17.8 Å². The van der Waals surface area contributed by atoms with Crippen LogP contribution in [0.4, 0.5) is 0 Å². The molecule has 5 heteroatoms. The molecule has 0 aromatic carbocycles. The number of hydrogen-bond donors (Lipinski definition) is 1. The second-order valence-corrected chi connectivity index (χ2v) is 6.56. The van der Waals surface area contributed by atoms with E-state index >= 15 is 0 Å². The standard InChI is InChI=1S/C15H26N4O/c1-12(2)16-9-14-17-11-18-19(14)10-13-5-8-15(20-13)6-3-4-7-15/h11-13,16H,3-10H2,1-2H3. The van der Waals surface area contributed by atoms with Crippen molar-refractivity contribution in [1.29, 1.82) is 0 Å². The minimum absolute atomic E-state index is 0.210. The van der Waals surface area contributed by atoms with E-state index in [2.05, 4.69) is 29.2 Å². The average Bonchev–Trinajstić information content (AvgIpc) is 3.12. The van der Waals surface area contributed by atoms with Gasteiger partial charge in [0.05, 0.1) is 24.8 Å². The minimum atomic E-state index is 0.210. The zero-order valence-electron chi connectivity index (χ0n) is 12.6. The van der Waals surface area contributed by atoms with E-state index in [1.807, 2.05) is 4.68 Å². The molecule has 1 spiro atoms. The summed E-state index contributed by atoms with van der Waals surface area (Å²) in [4.78, 5) is 4.35. The molecular weight excluding hydrogens is 252 g/mol. The maximum Gasteiger partial charge on any atom is 0.140 e. The highest BCUT2D eigenvalue weighted by Gasteiger charge is 2.42. The van der Waals surface area contributed by atoms with Gasteiger partial charge >= 0.3 is 0 Å². The van der Waals surface area contributed by atoms with Crippen molar-refractivity contribution in [1.82, 2.24) is 20.1 Å². The summed E-state index contributed by atoms with van der Waals surface area (Å²) in [7, 11) is 0. The summed E-state index contributed by atoms with van der Waals surface area (Å²) in [6, 6.07) is 0.463. The van der Waals surface area contributed by atoms with Gasteiger partial charge in [-0.25, -0.2) is 9.67 Å². The average molecular weight is 278 g/mol. The molecule has 3 rings (SSSR count). The molecule has 2 fully saturated rings. The maximum absolute atomic E-state index is 6.35. The fourth-order valence-electron chi connectivity index (χ4n) is 3.48. The van der Waals surface area contributed by atoms with Crippen molar-refractivity contribution in [3.63, 3.8) is 0 Å². The molecular formula is C15H26N4O. The quantitative estimate of drug-likeness (QED) is 0.897. The van der Waals surface area contributed by atoms with E-state index in [4.69, 9.17) is 4.74 Å². The number of ether oxygens (including phenoxy) is 1. The summed E-state index contributed by atoms with van der Waals surface area (Å²) in [5, 5.41) is 7.76. The third-order valence-electron chi connectivity index (χ3n) is 4.59. The van der Waals surface area contributed by atoms with Gasteiger partial charge in [0, 0.05) is 6.04 Å². The molecule has 2 heterocycles. The van der Waals surface area contributed by atoms with Gasteiger partial charge in [-0.3, -0.25) is 0 Å². The first-order valence-corrected chi connectivity index (χ1v) is 7.95. The van der Waals surface area contributed by atoms with Crippen LogP contribution in [0, 0.1) is 0 Å². The van der Waals surface area contributed by atoms with Crippen molar-refractivity contribution < 1.29 is 4.74 Å². The van der Waals surface area contributed by atoms with Gasteiger partial charge in [0.25, 0.3) is 0 Å². The summed E-state index contributed by atoms with van der Waals surface area (Å²) < 4.78 is 8.36. The minimum Gasteiger partial charge on any atom is -0.370 e. The highest BCUT2D eigenvalue weighted by molar-refractivity contribution is 4.94. The molecule has 1 aliphatic heterocycles. The molecule has 0 radical (unpaired) electrons. The first-order valence-electron chi connectivity index (χ1n) is 7.95. The smallest absolute Gasteiger partial charge is 0.140 e. The van der Waals surface area contributed by atoms with Gasteiger partial charge in [0.15, 0.2) is 0 Å². The van der Waals surface area contributed by atoms with Gasteiger partial charge in [-0.2, -0.15) is 5.10 Å². The lowest BCUT2D eigenvalue weighted by molar-refractivity contribution is -0.0432. The number of aromatic nitrogens is 3. The number of hydrogen-bond acceptors (Lipinski definition) is 4. The monoisotopic (exact) mass is 278 g/mol. The fraction of sp³-hybridized carbons (Fsp3) is 0.867. The first-order chi connectivity index (χ1) is 9.67. The van der Waals surface area contributed by atoms with Crippen LogP contribution in [0.15, 0.2) is 6.33 Å². The van der Waals surface area contributed by atoms with Gasteiger partial charge in [-0.15, -0.1) is 0 Å². The van der Waals surface area contributed by atoms with Crippen LogP contribution in [0.2, 0.25) is 0 Å². The Morgan fingerprint density at radius 2 is 2.20 bits per heavy atom. The number of nitrogens with one attached hydrogen (secondary N) is 1. The van der Waals surface area contributed by atoms with Crippen LogP contribution in [-0.4, -0.2) is 32.5 Å². The Balaban J connectivity index is 1.57. The molecule has 1 saturated heterocycles. The molecule has 0 bridgehead atoms. The summed E-state index contributed by atoms with van der Waals surface area (Å²) in [6.07, 6.45) is 9.53. The number of rotatable bonds is 5. The molecule has 1 aromatic heterocycles. The van der Waals surface area contributed by atoms with Crippen molar-refractivity contribution in [3.8, 4) is 0 Å². The van der Waals surface area contributed by atoms with Gasteiger partial charge in [-0.05, 0) is 25.7 Å². The Kier molecular flexibility index (Phi) is 4.08. The second kappa shape index (κ2) is 5.82. The normalized spacial score (nSPS) is 25.1. The van der Waals surface area contributed by atoms with Crippen LogP contribution in [0.5, 0.6) is 0 Å². The van der Waals surface area contributed by atoms with E-state index in [0.29, 0.717) is 12.1 Å². The van der Waals surface area contributed by atoms with Gasteiger partial charge in [-0.1, -0.05) is 26.7 Å². The van der Waals surface area contributed by atoms with Crippen molar-refractivity contribution >= 4 is 0 Å². The molecule has 1 N–H and O–H groups in total. The Morgan fingerprint density at radius 1 is 1.40 bits per heavy atom. The Bertz CT molecular complexity index is 437. The van der Waals surface area contributed by atoms with Crippen molar-refractivity contribution in [2.45, 2.75) is 83.2 Å². The van der Waals surface area contributed by atoms with Crippen LogP contribution < -0.4 is 5.32 Å². The summed E-state index contributed by atoms with van der Waals surface area (Å²) in [5.41, 5.74) is 0.210. The van der Waals surface area contributed by atoms with E-state index < -0.39 is 0 Å². The van der Waals surface area contributed by atoms with Gasteiger partial charge in [0.1, 0.15) is 12.2 Å². The fourth-order valence-corrected chi connectivity index (χ4v) is 3.48. The lowest BCUT2D eigenvalue weighted by Crippen LogP contribution is -2.28. The van der Waals surface area contributed by atoms with E-state index in [-0.39, 0.29) is 5.60 Å². The third kappa shape index (κ3) is 3.04. The van der Waals surface area contributed by atoms with Crippen molar-refractivity contribution in [2.24, 2.45) is 0 Å². The Labute approximate surface area is 121 Å². The third-order valence-corrected chi connectivity index (χ3v) is 4.59. The van der Waals surface area contributed by atoms with Crippen LogP contribution in [0.3, 0.4) is 0 Å². The van der Waals surface area contributed by atoms with Crippen molar-refractivity contribution in [3.05, 3.63) is 12.2 Å². The topological polar surface area (TPSA) is 52.0 Å². The van der Waals surface area contributed by atoms with Gasteiger partial charge in [0.2, 0.25) is 0 Å². The Morgan fingerprint density at radius 3 is 2.95 bits per heavy atom. The predicted octanol–water partition coefficient (Wildman–Crippen LogP) is 2.27. The van der Waals surface area contributed by atoms with E-state index in [9.17, 15) is 0 Å². The summed E-state index contributed by atoms with van der Waals surface area (Å²) >= 11 is 0. The molecule has 2 aliphatic rings. The molecule has 1 aliphatic carbocycles. The molecule has 20 heavy (non-hydrogen) atoms. The van der Waals surface area contributed by atoms with Crippen LogP contribution in [0.1, 0.15) is 58.2 Å². The highest BCUT2D eigenvalue weighted by atomic mass is 16.5. The first kappa shape index (κ1) is 14.0. The SMILES string of the molecule is CC(C)NCc1ncnn1CC1CCC2(CCCC2)O1. The summed E-state index contributed by atoms with van der Waals surface area (Å²) in [6.45, 7) is 5.90. The van der Waals surface area contributed by atoms with Crippen LogP contribution in [0.25, 0.3) is 0 Å². The van der Waals surface area contributed by atoms with E-state index in [1.165, 1.54) is 32.1 Å². The Hall–Kier alpha value is -0.940. The molecule has 1 atom stereocenters. The zero-order valence-corrected chi connectivity index (χ0v) is 12.6. The molecule has 1 unspecified atom stereocenters. The molecule has 1 aromatic rings.